The Labute approximate surface area is 118 Å². The summed E-state index contributed by atoms with van der Waals surface area (Å²) in [5.74, 6) is -0.294. The first-order valence-electron chi connectivity index (χ1n) is 6.88. The number of hydrogen-bond acceptors (Lipinski definition) is 3. The summed E-state index contributed by atoms with van der Waals surface area (Å²) in [7, 11) is 0. The first kappa shape index (κ1) is 14.8. The van der Waals surface area contributed by atoms with Crippen LogP contribution in [-0.4, -0.2) is 29.2 Å². The van der Waals surface area contributed by atoms with Crippen molar-refractivity contribution in [2.45, 2.75) is 43.1 Å². The van der Waals surface area contributed by atoms with Gasteiger partial charge >= 0.3 is 0 Å². The van der Waals surface area contributed by atoms with E-state index < -0.39 is 6.10 Å². The van der Waals surface area contributed by atoms with Crippen LogP contribution in [0.1, 0.15) is 37.4 Å². The minimum Gasteiger partial charge on any atom is -0.387 e. The van der Waals surface area contributed by atoms with E-state index >= 15 is 0 Å². The molecule has 1 fully saturated rings. The van der Waals surface area contributed by atoms with E-state index in [2.05, 4.69) is 11.6 Å². The summed E-state index contributed by atoms with van der Waals surface area (Å²) in [4.78, 5) is 0. The summed E-state index contributed by atoms with van der Waals surface area (Å²) in [5, 5.41) is 14.2. The number of thioether (sulfide) groups is 1. The number of benzene rings is 1. The Balaban J connectivity index is 1.76. The normalized spacial score (nSPS) is 25.2. The third kappa shape index (κ3) is 4.48. The third-order valence-electron chi connectivity index (χ3n) is 3.84. The van der Waals surface area contributed by atoms with E-state index in [1.54, 1.807) is 12.1 Å². The van der Waals surface area contributed by atoms with Gasteiger partial charge in [-0.25, -0.2) is 4.39 Å². The second-order valence-electron chi connectivity index (χ2n) is 5.19. The Bertz CT molecular complexity index is 393. The fourth-order valence-corrected chi connectivity index (χ4v) is 3.36. The number of nitrogens with one attached hydrogen (secondary N) is 1. The Kier molecular flexibility index (Phi) is 5.67. The Morgan fingerprint density at radius 2 is 2.11 bits per heavy atom. The van der Waals surface area contributed by atoms with Crippen LogP contribution >= 0.6 is 11.8 Å². The zero-order valence-electron chi connectivity index (χ0n) is 11.3. The van der Waals surface area contributed by atoms with Crippen LogP contribution in [0.4, 0.5) is 4.39 Å². The molecule has 1 aromatic rings. The molecule has 2 nitrogen and oxygen atoms in total. The molecule has 19 heavy (non-hydrogen) atoms. The molecule has 0 radical (unpaired) electrons. The highest BCUT2D eigenvalue weighted by Gasteiger charge is 2.20. The average Bonchev–Trinajstić information content (AvgIpc) is 2.45. The quantitative estimate of drug-likeness (QED) is 0.871. The third-order valence-corrected chi connectivity index (χ3v) is 4.98. The van der Waals surface area contributed by atoms with Gasteiger partial charge in [-0.05, 0) is 49.6 Å². The minimum atomic E-state index is -0.631. The number of hydrogen-bond donors (Lipinski definition) is 2. The van der Waals surface area contributed by atoms with Crippen molar-refractivity contribution < 1.29 is 9.50 Å². The van der Waals surface area contributed by atoms with E-state index in [0.29, 0.717) is 18.2 Å². The molecule has 2 rings (SSSR count). The van der Waals surface area contributed by atoms with Gasteiger partial charge in [0.15, 0.2) is 0 Å². The van der Waals surface area contributed by atoms with Crippen LogP contribution in [0.3, 0.4) is 0 Å². The van der Waals surface area contributed by atoms with Crippen LogP contribution in [0.25, 0.3) is 0 Å². The highest BCUT2D eigenvalue weighted by molar-refractivity contribution is 7.99. The highest BCUT2D eigenvalue weighted by atomic mass is 32.2. The molecule has 0 amide bonds. The van der Waals surface area contributed by atoms with E-state index in [4.69, 9.17) is 0 Å². The van der Waals surface area contributed by atoms with E-state index in [0.717, 1.165) is 5.25 Å². The molecule has 1 aliphatic carbocycles. The first-order valence-corrected chi connectivity index (χ1v) is 8.17. The molecule has 1 saturated carbocycles. The first-order chi connectivity index (χ1) is 9.19. The van der Waals surface area contributed by atoms with Gasteiger partial charge < -0.3 is 10.4 Å². The van der Waals surface area contributed by atoms with Gasteiger partial charge in [-0.3, -0.25) is 0 Å². The zero-order valence-corrected chi connectivity index (χ0v) is 12.1. The molecule has 2 N–H and O–H groups in total. The fourth-order valence-electron chi connectivity index (χ4n) is 2.61. The van der Waals surface area contributed by atoms with E-state index in [1.807, 2.05) is 11.8 Å². The molecule has 0 spiro atoms. The SMILES string of the molecule is CSC1CCC(NCC(O)c2cccc(F)c2)CC1. The minimum absolute atomic E-state index is 0.294. The van der Waals surface area contributed by atoms with Crippen molar-refractivity contribution >= 4 is 11.8 Å². The molecule has 1 aromatic carbocycles. The van der Waals surface area contributed by atoms with Crippen molar-refractivity contribution in [3.63, 3.8) is 0 Å². The van der Waals surface area contributed by atoms with Gasteiger partial charge in [0.25, 0.3) is 0 Å². The summed E-state index contributed by atoms with van der Waals surface area (Å²) in [5.41, 5.74) is 0.644. The van der Waals surface area contributed by atoms with Crippen molar-refractivity contribution in [3.8, 4) is 0 Å². The smallest absolute Gasteiger partial charge is 0.123 e. The van der Waals surface area contributed by atoms with Gasteiger partial charge in [0, 0.05) is 17.8 Å². The number of aliphatic hydroxyl groups is 1. The number of rotatable bonds is 5. The predicted octanol–water partition coefficient (Wildman–Crippen LogP) is 3.12. The number of aliphatic hydroxyl groups excluding tert-OH is 1. The summed E-state index contributed by atoms with van der Waals surface area (Å²) in [6.07, 6.45) is 6.37. The molecule has 1 aliphatic rings. The summed E-state index contributed by atoms with van der Waals surface area (Å²) in [6, 6.07) is 6.69. The van der Waals surface area contributed by atoms with Crippen molar-refractivity contribution in [2.75, 3.05) is 12.8 Å². The van der Waals surface area contributed by atoms with Gasteiger partial charge in [-0.2, -0.15) is 11.8 Å². The number of halogens is 1. The monoisotopic (exact) mass is 283 g/mol. The van der Waals surface area contributed by atoms with Gasteiger partial charge in [0.2, 0.25) is 0 Å². The lowest BCUT2D eigenvalue weighted by atomic mass is 9.94. The topological polar surface area (TPSA) is 32.3 Å². The Morgan fingerprint density at radius 1 is 1.37 bits per heavy atom. The lowest BCUT2D eigenvalue weighted by molar-refractivity contribution is 0.165. The van der Waals surface area contributed by atoms with Crippen molar-refractivity contribution in [1.29, 1.82) is 0 Å². The van der Waals surface area contributed by atoms with Crippen LogP contribution in [0.15, 0.2) is 24.3 Å². The maximum Gasteiger partial charge on any atom is 0.123 e. The largest absolute Gasteiger partial charge is 0.387 e. The fraction of sp³-hybridized carbons (Fsp3) is 0.600. The van der Waals surface area contributed by atoms with Crippen molar-refractivity contribution in [3.05, 3.63) is 35.6 Å². The molecule has 0 aromatic heterocycles. The standard InChI is InChI=1S/C15H22FNOS/c1-19-14-7-5-13(6-8-14)17-10-15(18)11-3-2-4-12(16)9-11/h2-4,9,13-15,17-18H,5-8,10H2,1H3. The second-order valence-corrected chi connectivity index (χ2v) is 6.33. The molecule has 106 valence electrons. The van der Waals surface area contributed by atoms with Crippen molar-refractivity contribution in [1.82, 2.24) is 5.32 Å². The molecule has 1 unspecified atom stereocenters. The van der Waals surface area contributed by atoms with E-state index in [-0.39, 0.29) is 5.82 Å². The van der Waals surface area contributed by atoms with Gasteiger partial charge in [-0.15, -0.1) is 0 Å². The van der Waals surface area contributed by atoms with E-state index in [9.17, 15) is 9.50 Å². The van der Waals surface area contributed by atoms with Gasteiger partial charge in [0.05, 0.1) is 6.10 Å². The summed E-state index contributed by atoms with van der Waals surface area (Å²) < 4.78 is 13.1. The average molecular weight is 283 g/mol. The van der Waals surface area contributed by atoms with Crippen LogP contribution in [0.5, 0.6) is 0 Å². The van der Waals surface area contributed by atoms with Crippen LogP contribution in [0, 0.1) is 5.82 Å². The molecule has 0 bridgehead atoms. The molecule has 1 atom stereocenters. The van der Waals surface area contributed by atoms with Gasteiger partial charge in [-0.1, -0.05) is 12.1 Å². The molecular weight excluding hydrogens is 261 g/mol. The maximum absolute atomic E-state index is 13.1. The Morgan fingerprint density at radius 3 is 2.74 bits per heavy atom. The summed E-state index contributed by atoms with van der Waals surface area (Å²) in [6.45, 7) is 0.498. The molecule has 0 heterocycles. The lowest BCUT2D eigenvalue weighted by Gasteiger charge is -2.29. The van der Waals surface area contributed by atoms with Crippen LogP contribution in [0.2, 0.25) is 0 Å². The molecule has 0 saturated heterocycles. The maximum atomic E-state index is 13.1. The Hall–Kier alpha value is -0.580. The van der Waals surface area contributed by atoms with Crippen LogP contribution in [-0.2, 0) is 0 Å². The molecule has 0 aliphatic heterocycles. The van der Waals surface area contributed by atoms with E-state index in [1.165, 1.54) is 37.8 Å². The van der Waals surface area contributed by atoms with Crippen LogP contribution < -0.4 is 5.32 Å². The predicted molar refractivity (Wildman–Crippen MR) is 78.9 cm³/mol. The van der Waals surface area contributed by atoms with Crippen molar-refractivity contribution in [2.24, 2.45) is 0 Å². The van der Waals surface area contributed by atoms with Gasteiger partial charge in [0.1, 0.15) is 5.82 Å². The lowest BCUT2D eigenvalue weighted by Crippen LogP contribution is -2.36. The molecule has 4 heteroatoms. The highest BCUT2D eigenvalue weighted by Crippen LogP contribution is 2.27. The second kappa shape index (κ2) is 7.27. The zero-order chi connectivity index (χ0) is 13.7. The summed E-state index contributed by atoms with van der Waals surface area (Å²) >= 11 is 1.95. The molecular formula is C15H22FNOS.